The van der Waals surface area contributed by atoms with Crippen LogP contribution in [0.2, 0.25) is 15.1 Å². The van der Waals surface area contributed by atoms with Gasteiger partial charge in [0.2, 0.25) is 5.91 Å². The van der Waals surface area contributed by atoms with Crippen molar-refractivity contribution in [2.45, 2.75) is 0 Å². The Balaban J connectivity index is 2.65. The van der Waals surface area contributed by atoms with Crippen molar-refractivity contribution in [3.05, 3.63) is 27.2 Å². The molecule has 0 fully saturated rings. The molecule has 0 aliphatic heterocycles. The summed E-state index contributed by atoms with van der Waals surface area (Å²) in [5.41, 5.74) is 0.354. The summed E-state index contributed by atoms with van der Waals surface area (Å²) in [7, 11) is 0. The molecule has 0 spiro atoms. The lowest BCUT2D eigenvalue weighted by Crippen LogP contribution is -2.15. The van der Waals surface area contributed by atoms with Crippen molar-refractivity contribution >= 4 is 58.2 Å². The maximum atomic E-state index is 11.5. The average Bonchev–Trinajstić information content (AvgIpc) is 2.24. The third-order valence-electron chi connectivity index (χ3n) is 1.74. The van der Waals surface area contributed by atoms with E-state index in [1.54, 1.807) is 0 Å². The Bertz CT molecular complexity index is 392. The lowest BCUT2D eigenvalue weighted by Gasteiger charge is -2.09. The predicted molar refractivity (Wildman–Crippen MR) is 74.5 cm³/mol. The quantitative estimate of drug-likeness (QED) is 0.820. The van der Waals surface area contributed by atoms with Gasteiger partial charge in [-0.05, 0) is 12.1 Å². The summed E-state index contributed by atoms with van der Waals surface area (Å²) in [5.74, 6) is 0.514. The van der Waals surface area contributed by atoms with Crippen molar-refractivity contribution in [3.8, 4) is 0 Å². The molecule has 0 radical (unpaired) electrons. The van der Waals surface area contributed by atoms with Crippen molar-refractivity contribution in [3.63, 3.8) is 0 Å². The minimum atomic E-state index is -0.227. The van der Waals surface area contributed by atoms with Gasteiger partial charge in [-0.15, -0.1) is 11.8 Å². The summed E-state index contributed by atoms with van der Waals surface area (Å²) >= 11 is 18.9. The van der Waals surface area contributed by atoms with Crippen LogP contribution in [0, 0.1) is 0 Å². The highest BCUT2D eigenvalue weighted by Gasteiger charge is 2.11. The molecule has 1 amide bonds. The van der Waals surface area contributed by atoms with Crippen molar-refractivity contribution < 1.29 is 9.90 Å². The summed E-state index contributed by atoms with van der Waals surface area (Å²) in [6, 6.07) is 3.01. The SMILES string of the molecule is O=C(CSCCO)Nc1c(Cl)cc(Cl)cc1Cl. The number of aliphatic hydroxyl groups is 1. The summed E-state index contributed by atoms with van der Waals surface area (Å²) in [5, 5.41) is 12.2. The van der Waals surface area contributed by atoms with E-state index in [1.807, 2.05) is 0 Å². The lowest BCUT2D eigenvalue weighted by atomic mass is 10.3. The van der Waals surface area contributed by atoms with Crippen LogP contribution < -0.4 is 5.32 Å². The largest absolute Gasteiger partial charge is 0.396 e. The Kier molecular flexibility index (Phi) is 6.44. The highest BCUT2D eigenvalue weighted by molar-refractivity contribution is 7.99. The molecule has 94 valence electrons. The minimum Gasteiger partial charge on any atom is -0.396 e. The molecule has 7 heteroatoms. The summed E-state index contributed by atoms with van der Waals surface area (Å²) in [4.78, 5) is 11.5. The van der Waals surface area contributed by atoms with Crippen molar-refractivity contribution in [2.24, 2.45) is 0 Å². The van der Waals surface area contributed by atoms with Gasteiger partial charge in [0.15, 0.2) is 0 Å². The zero-order chi connectivity index (χ0) is 12.8. The number of hydrogen-bond donors (Lipinski definition) is 2. The predicted octanol–water partition coefficient (Wildman–Crippen LogP) is 3.31. The Morgan fingerprint density at radius 1 is 1.29 bits per heavy atom. The number of anilines is 1. The van der Waals surface area contributed by atoms with Crippen LogP contribution in [0.3, 0.4) is 0 Å². The molecule has 1 aromatic carbocycles. The van der Waals surface area contributed by atoms with E-state index in [0.29, 0.717) is 26.5 Å². The third kappa shape index (κ3) is 4.94. The number of carbonyl (C=O) groups is 1. The molecule has 1 aromatic rings. The Morgan fingerprint density at radius 3 is 2.41 bits per heavy atom. The van der Waals surface area contributed by atoms with E-state index in [1.165, 1.54) is 23.9 Å². The maximum Gasteiger partial charge on any atom is 0.234 e. The molecule has 0 aliphatic carbocycles. The van der Waals surface area contributed by atoms with Gasteiger partial charge in [0.25, 0.3) is 0 Å². The van der Waals surface area contributed by atoms with Gasteiger partial charge >= 0.3 is 0 Å². The number of amides is 1. The second kappa shape index (κ2) is 7.34. The summed E-state index contributed by atoms with van der Waals surface area (Å²) in [6.07, 6.45) is 0. The minimum absolute atomic E-state index is 0.0421. The molecule has 0 unspecified atom stereocenters. The summed E-state index contributed by atoms with van der Waals surface area (Å²) < 4.78 is 0. The molecule has 0 bridgehead atoms. The summed E-state index contributed by atoms with van der Waals surface area (Å²) in [6.45, 7) is 0.0421. The lowest BCUT2D eigenvalue weighted by molar-refractivity contribution is -0.113. The Labute approximate surface area is 118 Å². The normalized spacial score (nSPS) is 10.4. The van der Waals surface area contributed by atoms with Gasteiger partial charge in [0.1, 0.15) is 0 Å². The average molecular weight is 315 g/mol. The first-order valence-corrected chi connectivity index (χ1v) is 6.96. The van der Waals surface area contributed by atoms with E-state index < -0.39 is 0 Å². The van der Waals surface area contributed by atoms with Crippen LogP contribution in [0.25, 0.3) is 0 Å². The van der Waals surface area contributed by atoms with Gasteiger partial charge in [0, 0.05) is 10.8 Å². The van der Waals surface area contributed by atoms with Gasteiger partial charge in [-0.25, -0.2) is 0 Å². The van der Waals surface area contributed by atoms with Crippen LogP contribution in [-0.2, 0) is 4.79 Å². The number of halogens is 3. The van der Waals surface area contributed by atoms with Gasteiger partial charge in [0.05, 0.1) is 28.1 Å². The van der Waals surface area contributed by atoms with Crippen molar-refractivity contribution in [1.82, 2.24) is 0 Å². The molecule has 0 aliphatic rings. The molecule has 0 atom stereocenters. The Morgan fingerprint density at radius 2 is 1.88 bits per heavy atom. The number of carbonyl (C=O) groups excluding carboxylic acids is 1. The van der Waals surface area contributed by atoms with Crippen LogP contribution in [-0.4, -0.2) is 29.1 Å². The first-order chi connectivity index (χ1) is 8.04. The van der Waals surface area contributed by atoms with E-state index in [0.717, 1.165) is 0 Å². The van der Waals surface area contributed by atoms with Crippen molar-refractivity contribution in [1.29, 1.82) is 0 Å². The molecule has 1 rings (SSSR count). The van der Waals surface area contributed by atoms with Gasteiger partial charge in [-0.2, -0.15) is 0 Å². The fraction of sp³-hybridized carbons (Fsp3) is 0.300. The fourth-order valence-electron chi connectivity index (χ4n) is 1.07. The number of nitrogens with one attached hydrogen (secondary N) is 1. The molecule has 0 saturated heterocycles. The van der Waals surface area contributed by atoms with Crippen LogP contribution in [0.4, 0.5) is 5.69 Å². The first kappa shape index (κ1) is 14.9. The molecule has 3 nitrogen and oxygen atoms in total. The topological polar surface area (TPSA) is 49.3 Å². The van der Waals surface area contributed by atoms with Crippen LogP contribution in [0.15, 0.2) is 12.1 Å². The monoisotopic (exact) mass is 313 g/mol. The van der Waals surface area contributed by atoms with Crippen LogP contribution in [0.1, 0.15) is 0 Å². The van der Waals surface area contributed by atoms with Crippen LogP contribution in [0.5, 0.6) is 0 Å². The number of aliphatic hydroxyl groups excluding tert-OH is 1. The van der Waals surface area contributed by atoms with Gasteiger partial charge in [-0.1, -0.05) is 34.8 Å². The third-order valence-corrected chi connectivity index (χ3v) is 3.49. The van der Waals surface area contributed by atoms with Gasteiger partial charge < -0.3 is 10.4 Å². The molecule has 0 aromatic heterocycles. The van der Waals surface area contributed by atoms with E-state index in [-0.39, 0.29) is 18.3 Å². The standard InChI is InChI=1S/C10H10Cl3NO2S/c11-6-3-7(12)10(8(13)4-6)14-9(16)5-17-2-1-15/h3-4,15H,1-2,5H2,(H,14,16). The molecule has 0 saturated carbocycles. The number of benzene rings is 1. The van der Waals surface area contributed by atoms with E-state index >= 15 is 0 Å². The Hall–Kier alpha value is -0.130. The van der Waals surface area contributed by atoms with E-state index in [9.17, 15) is 4.79 Å². The highest BCUT2D eigenvalue weighted by atomic mass is 35.5. The number of thioether (sulfide) groups is 1. The molecule has 2 N–H and O–H groups in total. The second-order valence-corrected chi connectivity index (χ2v) is 5.42. The zero-order valence-corrected chi connectivity index (χ0v) is 11.8. The number of rotatable bonds is 5. The number of hydrogen-bond acceptors (Lipinski definition) is 3. The van der Waals surface area contributed by atoms with Gasteiger partial charge in [-0.3, -0.25) is 4.79 Å². The smallest absolute Gasteiger partial charge is 0.234 e. The molecule has 17 heavy (non-hydrogen) atoms. The second-order valence-electron chi connectivity index (χ2n) is 3.07. The first-order valence-electron chi connectivity index (χ1n) is 4.67. The fourth-order valence-corrected chi connectivity index (χ4v) is 2.51. The molecule has 0 heterocycles. The van der Waals surface area contributed by atoms with Crippen LogP contribution >= 0.6 is 46.6 Å². The van der Waals surface area contributed by atoms with E-state index in [2.05, 4.69) is 5.32 Å². The zero-order valence-electron chi connectivity index (χ0n) is 8.67. The maximum absolute atomic E-state index is 11.5. The van der Waals surface area contributed by atoms with Crippen molar-refractivity contribution in [2.75, 3.05) is 23.4 Å². The molecular weight excluding hydrogens is 305 g/mol. The van der Waals surface area contributed by atoms with E-state index in [4.69, 9.17) is 39.9 Å². The molecular formula is C10H10Cl3NO2S. The highest BCUT2D eigenvalue weighted by Crippen LogP contribution is 2.33.